The van der Waals surface area contributed by atoms with Gasteiger partial charge >= 0.3 is 5.51 Å². The molecule has 0 saturated carbocycles. The highest BCUT2D eigenvalue weighted by atomic mass is 35.5. The van der Waals surface area contributed by atoms with E-state index >= 15 is 0 Å². The topological polar surface area (TPSA) is 0 Å². The molecule has 1 aromatic rings. The lowest BCUT2D eigenvalue weighted by Gasteiger charge is -2.07. The minimum Gasteiger partial charge on any atom is -0.204 e. The minimum atomic E-state index is -4.67. The monoisotopic (exact) mass is 248 g/mol. The lowest BCUT2D eigenvalue weighted by Crippen LogP contribution is -2.01. The number of hydrogen-bond acceptors (Lipinski definition) is 1. The summed E-state index contributed by atoms with van der Waals surface area (Å²) < 4.78 is 60.8. The second kappa shape index (κ2) is 3.94. The molecule has 0 N–H and O–H groups in total. The summed E-state index contributed by atoms with van der Waals surface area (Å²) in [4.78, 5) is -0.873. The predicted molar refractivity (Wildman–Crippen MR) is 43.3 cm³/mol. The fourth-order valence-electron chi connectivity index (χ4n) is 0.731. The Morgan fingerprint density at radius 3 is 2.21 bits per heavy atom. The van der Waals surface area contributed by atoms with Crippen LogP contribution in [0.5, 0.6) is 0 Å². The van der Waals surface area contributed by atoms with E-state index in [0.29, 0.717) is 6.07 Å². The highest BCUT2D eigenvalue weighted by Crippen LogP contribution is 2.39. The van der Waals surface area contributed by atoms with Gasteiger partial charge in [-0.2, -0.15) is 13.2 Å². The largest absolute Gasteiger partial charge is 0.446 e. The zero-order chi connectivity index (χ0) is 10.9. The minimum absolute atomic E-state index is 0.282. The van der Waals surface area contributed by atoms with Crippen molar-refractivity contribution in [3.05, 3.63) is 28.8 Å². The molecule has 0 aliphatic carbocycles. The summed E-state index contributed by atoms with van der Waals surface area (Å²) in [5, 5.41) is -0.282. The molecule has 0 amide bonds. The highest BCUT2D eigenvalue weighted by molar-refractivity contribution is 8.00. The summed E-state index contributed by atoms with van der Waals surface area (Å²) in [5.41, 5.74) is -4.67. The first-order valence-electron chi connectivity index (χ1n) is 3.20. The first kappa shape index (κ1) is 11.6. The molecule has 1 rings (SSSR count). The molecule has 0 bridgehead atoms. The van der Waals surface area contributed by atoms with Crippen LogP contribution in [0.3, 0.4) is 0 Å². The van der Waals surface area contributed by atoms with E-state index in [-0.39, 0.29) is 5.02 Å². The van der Waals surface area contributed by atoms with Crippen molar-refractivity contribution in [2.75, 3.05) is 0 Å². The van der Waals surface area contributed by atoms with Gasteiger partial charge in [-0.25, -0.2) is 8.78 Å². The van der Waals surface area contributed by atoms with Gasteiger partial charge in [0, 0.05) is 5.02 Å². The van der Waals surface area contributed by atoms with E-state index < -0.39 is 33.8 Å². The molecule has 0 radical (unpaired) electrons. The molecule has 0 fully saturated rings. The number of benzene rings is 1. The van der Waals surface area contributed by atoms with Crippen LogP contribution in [0, 0.1) is 11.6 Å². The van der Waals surface area contributed by atoms with Gasteiger partial charge in [-0.3, -0.25) is 0 Å². The molecule has 0 heterocycles. The van der Waals surface area contributed by atoms with Crippen LogP contribution in [0.1, 0.15) is 0 Å². The Balaban J connectivity index is 3.09. The maximum atomic E-state index is 12.8. The van der Waals surface area contributed by atoms with Gasteiger partial charge in [-0.15, -0.1) is 0 Å². The van der Waals surface area contributed by atoms with Gasteiger partial charge in [0.05, 0.1) is 4.90 Å². The third-order valence-corrected chi connectivity index (χ3v) is 2.15. The zero-order valence-corrected chi connectivity index (χ0v) is 7.90. The Labute approximate surface area is 85.1 Å². The fourth-order valence-corrected chi connectivity index (χ4v) is 1.62. The van der Waals surface area contributed by atoms with E-state index in [1.165, 1.54) is 0 Å². The molecular weight excluding hydrogens is 247 g/mol. The highest BCUT2D eigenvalue weighted by Gasteiger charge is 2.31. The SMILES string of the molecule is Fc1cc(Cl)cc(SC(F)(F)F)c1F. The molecule has 78 valence electrons. The molecule has 0 spiro atoms. The summed E-state index contributed by atoms with van der Waals surface area (Å²) in [7, 11) is 0. The van der Waals surface area contributed by atoms with Gasteiger partial charge in [0.1, 0.15) is 0 Å². The molecule has 14 heavy (non-hydrogen) atoms. The van der Waals surface area contributed by atoms with Crippen LogP contribution in [0.4, 0.5) is 22.0 Å². The lowest BCUT2D eigenvalue weighted by molar-refractivity contribution is -0.0329. The van der Waals surface area contributed by atoms with Crippen molar-refractivity contribution in [2.45, 2.75) is 10.4 Å². The molecule has 0 saturated heterocycles. The second-order valence-corrected chi connectivity index (χ2v) is 3.79. The standard InChI is InChI=1S/C7H2ClF5S/c8-3-1-4(9)6(10)5(2-3)14-7(11,12)13/h1-2H. The average Bonchev–Trinajstić information content (AvgIpc) is 1.96. The van der Waals surface area contributed by atoms with Crippen molar-refractivity contribution in [1.82, 2.24) is 0 Å². The number of rotatable bonds is 1. The number of hydrogen-bond donors (Lipinski definition) is 0. The summed E-state index contributed by atoms with van der Waals surface area (Å²) >= 11 is 4.52. The Bertz CT molecular complexity index is 349. The maximum absolute atomic E-state index is 12.8. The van der Waals surface area contributed by atoms with E-state index in [1.54, 1.807) is 0 Å². The van der Waals surface area contributed by atoms with Crippen molar-refractivity contribution in [2.24, 2.45) is 0 Å². The predicted octanol–water partition coefficient (Wildman–Crippen LogP) is 4.23. The summed E-state index contributed by atoms with van der Waals surface area (Å²) in [6.45, 7) is 0. The van der Waals surface area contributed by atoms with Crippen molar-refractivity contribution >= 4 is 23.4 Å². The molecule has 1 aromatic carbocycles. The number of alkyl halides is 3. The van der Waals surface area contributed by atoms with Gasteiger partial charge in [0.25, 0.3) is 0 Å². The Morgan fingerprint density at radius 2 is 1.71 bits per heavy atom. The van der Waals surface area contributed by atoms with Crippen LogP contribution < -0.4 is 0 Å². The zero-order valence-electron chi connectivity index (χ0n) is 6.33. The van der Waals surface area contributed by atoms with E-state index in [9.17, 15) is 22.0 Å². The Kier molecular flexibility index (Phi) is 3.26. The van der Waals surface area contributed by atoms with Gasteiger partial charge in [0.15, 0.2) is 11.6 Å². The van der Waals surface area contributed by atoms with Crippen molar-refractivity contribution in [1.29, 1.82) is 0 Å². The molecule has 0 atom stereocenters. The Hall–Kier alpha value is -0.490. The van der Waals surface area contributed by atoms with Crippen LogP contribution in [0.25, 0.3) is 0 Å². The van der Waals surface area contributed by atoms with Crippen molar-refractivity contribution in [3.63, 3.8) is 0 Å². The van der Waals surface area contributed by atoms with Gasteiger partial charge in [-0.1, -0.05) is 11.6 Å². The number of thioether (sulfide) groups is 1. The van der Waals surface area contributed by atoms with Gasteiger partial charge in [0.2, 0.25) is 0 Å². The third-order valence-electron chi connectivity index (χ3n) is 1.19. The van der Waals surface area contributed by atoms with E-state index in [2.05, 4.69) is 0 Å². The number of halogens is 6. The quantitative estimate of drug-likeness (QED) is 0.407. The van der Waals surface area contributed by atoms with E-state index in [0.717, 1.165) is 6.07 Å². The molecule has 0 nitrogen and oxygen atoms in total. The molecule has 0 aliphatic rings. The van der Waals surface area contributed by atoms with Crippen LogP contribution >= 0.6 is 23.4 Å². The summed E-state index contributed by atoms with van der Waals surface area (Å²) in [6, 6.07) is 1.33. The normalized spacial score (nSPS) is 11.9. The summed E-state index contributed by atoms with van der Waals surface area (Å²) in [6.07, 6.45) is 0. The summed E-state index contributed by atoms with van der Waals surface area (Å²) in [5.74, 6) is -2.94. The van der Waals surface area contributed by atoms with Gasteiger partial charge < -0.3 is 0 Å². The molecule has 7 heteroatoms. The molecule has 0 unspecified atom stereocenters. The second-order valence-electron chi connectivity index (χ2n) is 2.25. The van der Waals surface area contributed by atoms with Crippen LogP contribution in [-0.2, 0) is 0 Å². The third kappa shape index (κ3) is 3.02. The van der Waals surface area contributed by atoms with Crippen molar-refractivity contribution in [3.8, 4) is 0 Å². The maximum Gasteiger partial charge on any atom is 0.446 e. The fraction of sp³-hybridized carbons (Fsp3) is 0.143. The van der Waals surface area contributed by atoms with E-state index in [4.69, 9.17) is 11.6 Å². The molecular formula is C7H2ClF5S. The first-order valence-corrected chi connectivity index (χ1v) is 4.39. The van der Waals surface area contributed by atoms with Crippen molar-refractivity contribution < 1.29 is 22.0 Å². The van der Waals surface area contributed by atoms with Crippen LogP contribution in [0.15, 0.2) is 17.0 Å². The van der Waals surface area contributed by atoms with Gasteiger partial charge in [-0.05, 0) is 23.9 Å². The Morgan fingerprint density at radius 1 is 1.14 bits per heavy atom. The van der Waals surface area contributed by atoms with Crippen LogP contribution in [0.2, 0.25) is 5.02 Å². The average molecular weight is 249 g/mol. The van der Waals surface area contributed by atoms with Crippen LogP contribution in [-0.4, -0.2) is 5.51 Å². The molecule has 0 aromatic heterocycles. The first-order chi connectivity index (χ1) is 6.29. The molecule has 0 aliphatic heterocycles. The van der Waals surface area contributed by atoms with E-state index in [1.807, 2.05) is 0 Å². The lowest BCUT2D eigenvalue weighted by atomic mass is 10.3. The smallest absolute Gasteiger partial charge is 0.204 e.